The molecule has 1 fully saturated rings. The lowest BCUT2D eigenvalue weighted by molar-refractivity contribution is -0.161. The zero-order chi connectivity index (χ0) is 10.7. The summed E-state index contributed by atoms with van der Waals surface area (Å²) in [7, 11) is 0. The summed E-state index contributed by atoms with van der Waals surface area (Å²) >= 11 is 0. The number of hydrogen-bond donors (Lipinski definition) is 0. The van der Waals surface area contributed by atoms with Crippen LogP contribution in [0.3, 0.4) is 0 Å². The van der Waals surface area contributed by atoms with Crippen molar-refractivity contribution in [2.24, 2.45) is 0 Å². The average Bonchev–Trinajstić information content (AvgIpc) is 2.13. The normalized spacial score (nSPS) is 37.3. The van der Waals surface area contributed by atoms with Crippen molar-refractivity contribution in [3.63, 3.8) is 0 Å². The molecule has 4 nitrogen and oxygen atoms in total. The lowest BCUT2D eigenvalue weighted by Crippen LogP contribution is -2.42. The second-order valence-electron chi connectivity index (χ2n) is 4.33. The van der Waals surface area contributed by atoms with Gasteiger partial charge in [0.05, 0.1) is 0 Å². The van der Waals surface area contributed by atoms with Crippen molar-refractivity contribution in [2.75, 3.05) is 0 Å². The highest BCUT2D eigenvalue weighted by molar-refractivity contribution is 5.39. The van der Waals surface area contributed by atoms with Crippen molar-refractivity contribution >= 4 is 12.9 Å². The molecule has 0 radical (unpaired) electrons. The zero-order valence-electron chi connectivity index (χ0n) is 8.62. The molecule has 0 amide bonds. The fraction of sp³-hybridized carbons (Fsp3) is 0.800. The number of rotatable bonds is 4. The molecule has 1 rings (SSSR count). The molecule has 14 heavy (non-hydrogen) atoms. The molecule has 1 saturated carbocycles. The minimum atomic E-state index is -0.381. The SMILES string of the molecule is CC1(OC=O)CCC(C)(OC=O)CC1. The van der Waals surface area contributed by atoms with E-state index in [1.54, 1.807) is 0 Å². The predicted octanol–water partition coefficient (Wildman–Crippen LogP) is 1.42. The summed E-state index contributed by atoms with van der Waals surface area (Å²) in [6.07, 6.45) is 2.93. The maximum atomic E-state index is 10.3. The summed E-state index contributed by atoms with van der Waals surface area (Å²) in [5, 5.41) is 0. The molecule has 0 bridgehead atoms. The van der Waals surface area contributed by atoms with Crippen LogP contribution in [0.4, 0.5) is 0 Å². The molecule has 0 unspecified atom stereocenters. The first-order valence-corrected chi connectivity index (χ1v) is 4.77. The summed E-state index contributed by atoms with van der Waals surface area (Å²) in [5.41, 5.74) is -0.763. The molecule has 0 N–H and O–H groups in total. The summed E-state index contributed by atoms with van der Waals surface area (Å²) in [4.78, 5) is 20.5. The molecule has 0 aliphatic heterocycles. The molecule has 80 valence electrons. The first kappa shape index (κ1) is 11.0. The van der Waals surface area contributed by atoms with Crippen LogP contribution in [-0.2, 0) is 19.1 Å². The van der Waals surface area contributed by atoms with Gasteiger partial charge in [0.25, 0.3) is 12.9 Å². The van der Waals surface area contributed by atoms with Gasteiger partial charge in [0, 0.05) is 0 Å². The summed E-state index contributed by atoms with van der Waals surface area (Å²) in [6.45, 7) is 4.79. The van der Waals surface area contributed by atoms with Gasteiger partial charge in [-0.25, -0.2) is 0 Å². The Morgan fingerprint density at radius 2 is 1.14 bits per heavy atom. The van der Waals surface area contributed by atoms with E-state index in [1.807, 2.05) is 13.8 Å². The van der Waals surface area contributed by atoms with Gasteiger partial charge in [0.15, 0.2) is 0 Å². The highest BCUT2D eigenvalue weighted by atomic mass is 16.5. The van der Waals surface area contributed by atoms with Crippen LogP contribution in [0.15, 0.2) is 0 Å². The maximum Gasteiger partial charge on any atom is 0.293 e. The maximum absolute atomic E-state index is 10.3. The van der Waals surface area contributed by atoms with Gasteiger partial charge in [0.1, 0.15) is 11.2 Å². The molecule has 0 aromatic carbocycles. The molecule has 0 aromatic heterocycles. The van der Waals surface area contributed by atoms with Crippen LogP contribution in [0.25, 0.3) is 0 Å². The van der Waals surface area contributed by atoms with Gasteiger partial charge in [-0.1, -0.05) is 0 Å². The molecule has 0 atom stereocenters. The van der Waals surface area contributed by atoms with Crippen LogP contribution in [0.1, 0.15) is 39.5 Å². The van der Waals surface area contributed by atoms with E-state index < -0.39 is 0 Å². The fourth-order valence-electron chi connectivity index (χ4n) is 1.78. The standard InChI is InChI=1S/C10H16O4/c1-9(13-7-11)3-5-10(2,6-4-9)14-8-12/h7-8H,3-6H2,1-2H3. The Morgan fingerprint density at radius 1 is 0.857 bits per heavy atom. The number of hydrogen-bond acceptors (Lipinski definition) is 4. The molecule has 0 saturated heterocycles. The molecular formula is C10H16O4. The number of ether oxygens (including phenoxy) is 2. The molecular weight excluding hydrogens is 184 g/mol. The second kappa shape index (κ2) is 3.98. The van der Waals surface area contributed by atoms with Crippen molar-refractivity contribution in [3.05, 3.63) is 0 Å². The van der Waals surface area contributed by atoms with E-state index >= 15 is 0 Å². The van der Waals surface area contributed by atoms with Crippen molar-refractivity contribution in [1.29, 1.82) is 0 Å². The average molecular weight is 200 g/mol. The van der Waals surface area contributed by atoms with Crippen LogP contribution in [0.2, 0.25) is 0 Å². The third-order valence-corrected chi connectivity index (χ3v) is 3.03. The van der Waals surface area contributed by atoms with Gasteiger partial charge in [-0.2, -0.15) is 0 Å². The third-order valence-electron chi connectivity index (χ3n) is 3.03. The summed E-state index contributed by atoms with van der Waals surface area (Å²) in [6, 6.07) is 0. The smallest absolute Gasteiger partial charge is 0.293 e. The van der Waals surface area contributed by atoms with Crippen molar-refractivity contribution in [3.8, 4) is 0 Å². The minimum absolute atomic E-state index is 0.381. The summed E-state index contributed by atoms with van der Waals surface area (Å²) < 4.78 is 10.0. The van der Waals surface area contributed by atoms with E-state index in [0.717, 1.165) is 25.7 Å². The van der Waals surface area contributed by atoms with Gasteiger partial charge in [-0.15, -0.1) is 0 Å². The van der Waals surface area contributed by atoms with Crippen LogP contribution >= 0.6 is 0 Å². The topological polar surface area (TPSA) is 52.6 Å². The van der Waals surface area contributed by atoms with Gasteiger partial charge in [-0.05, 0) is 39.5 Å². The van der Waals surface area contributed by atoms with Crippen molar-refractivity contribution in [2.45, 2.75) is 50.7 Å². The Balaban J connectivity index is 2.51. The first-order valence-electron chi connectivity index (χ1n) is 4.77. The molecule has 1 aliphatic carbocycles. The molecule has 1 aliphatic rings. The highest BCUT2D eigenvalue weighted by Gasteiger charge is 2.39. The molecule has 0 aromatic rings. The fourth-order valence-corrected chi connectivity index (χ4v) is 1.78. The van der Waals surface area contributed by atoms with Gasteiger partial charge < -0.3 is 9.47 Å². The quantitative estimate of drug-likeness (QED) is 0.644. The van der Waals surface area contributed by atoms with E-state index in [-0.39, 0.29) is 11.2 Å². The van der Waals surface area contributed by atoms with E-state index in [9.17, 15) is 9.59 Å². The second-order valence-corrected chi connectivity index (χ2v) is 4.33. The van der Waals surface area contributed by atoms with Crippen molar-refractivity contribution in [1.82, 2.24) is 0 Å². The highest BCUT2D eigenvalue weighted by Crippen LogP contribution is 2.38. The summed E-state index contributed by atoms with van der Waals surface area (Å²) in [5.74, 6) is 0. The van der Waals surface area contributed by atoms with Crippen LogP contribution in [0, 0.1) is 0 Å². The van der Waals surface area contributed by atoms with Gasteiger partial charge in [0.2, 0.25) is 0 Å². The lowest BCUT2D eigenvalue weighted by Gasteiger charge is -2.40. The number of carbonyl (C=O) groups excluding carboxylic acids is 2. The largest absolute Gasteiger partial charge is 0.462 e. The zero-order valence-corrected chi connectivity index (χ0v) is 8.62. The Bertz CT molecular complexity index is 192. The minimum Gasteiger partial charge on any atom is -0.462 e. The van der Waals surface area contributed by atoms with Crippen LogP contribution in [0.5, 0.6) is 0 Å². The third kappa shape index (κ3) is 2.47. The van der Waals surface area contributed by atoms with Gasteiger partial charge >= 0.3 is 0 Å². The van der Waals surface area contributed by atoms with E-state index in [1.165, 1.54) is 0 Å². The van der Waals surface area contributed by atoms with Crippen LogP contribution < -0.4 is 0 Å². The lowest BCUT2D eigenvalue weighted by atomic mass is 9.78. The van der Waals surface area contributed by atoms with Crippen molar-refractivity contribution < 1.29 is 19.1 Å². The Hall–Kier alpha value is -1.06. The molecule has 0 spiro atoms. The van der Waals surface area contributed by atoms with E-state index in [0.29, 0.717) is 12.9 Å². The number of carbonyl (C=O) groups is 2. The predicted molar refractivity (Wildman–Crippen MR) is 49.6 cm³/mol. The van der Waals surface area contributed by atoms with E-state index in [2.05, 4.69) is 0 Å². The molecule has 0 heterocycles. The Labute approximate surface area is 83.6 Å². The monoisotopic (exact) mass is 200 g/mol. The molecule has 4 heteroatoms. The van der Waals surface area contributed by atoms with E-state index in [4.69, 9.17) is 9.47 Å². The Kier molecular flexibility index (Phi) is 3.13. The first-order chi connectivity index (χ1) is 6.54. The van der Waals surface area contributed by atoms with Gasteiger partial charge in [-0.3, -0.25) is 9.59 Å². The van der Waals surface area contributed by atoms with Crippen LogP contribution in [-0.4, -0.2) is 24.1 Å². The Morgan fingerprint density at radius 3 is 1.36 bits per heavy atom.